The molecular formula is C16H29N5O2S. The first-order chi connectivity index (χ1) is 11.3. The number of nitrogens with one attached hydrogen (secondary N) is 1. The normalized spacial score (nSPS) is 15.4. The summed E-state index contributed by atoms with van der Waals surface area (Å²) >= 11 is 1.62. The summed E-state index contributed by atoms with van der Waals surface area (Å²) in [5.74, 6) is 1.40. The molecule has 136 valence electrons. The van der Waals surface area contributed by atoms with Gasteiger partial charge in [0.1, 0.15) is 17.0 Å². The first kappa shape index (κ1) is 20.2. The number of hydrogen-bond donors (Lipinski definition) is 2. The average Bonchev–Trinajstić information content (AvgIpc) is 2.88. The van der Waals surface area contributed by atoms with Gasteiger partial charge in [0.25, 0.3) is 5.56 Å². The Morgan fingerprint density at radius 1 is 1.21 bits per heavy atom. The summed E-state index contributed by atoms with van der Waals surface area (Å²) in [6.07, 6.45) is 3.35. The van der Waals surface area contributed by atoms with Crippen molar-refractivity contribution < 1.29 is 0 Å². The molecule has 1 atom stereocenters. The lowest BCUT2D eigenvalue weighted by Gasteiger charge is -2.22. The number of allylic oxidation sites excluding steroid dienone is 1. The summed E-state index contributed by atoms with van der Waals surface area (Å²) < 4.78 is 2.58. The van der Waals surface area contributed by atoms with Gasteiger partial charge in [0.05, 0.1) is 0 Å². The SMILES string of the molecule is C=C(N)CCSC1Nc2c(n(C)c(=O)n(C)c2=O)N1C.CCCC. The van der Waals surface area contributed by atoms with E-state index in [-0.39, 0.29) is 16.7 Å². The van der Waals surface area contributed by atoms with Crippen molar-refractivity contribution in [2.24, 2.45) is 19.8 Å². The van der Waals surface area contributed by atoms with Crippen LogP contribution in [0.15, 0.2) is 21.9 Å². The fourth-order valence-corrected chi connectivity index (χ4v) is 3.29. The Bertz CT molecular complexity index is 693. The van der Waals surface area contributed by atoms with Crippen molar-refractivity contribution in [2.75, 3.05) is 23.0 Å². The molecule has 1 unspecified atom stereocenters. The highest BCUT2D eigenvalue weighted by molar-refractivity contribution is 8.00. The smallest absolute Gasteiger partial charge is 0.332 e. The van der Waals surface area contributed by atoms with Gasteiger partial charge in [-0.25, -0.2) is 4.79 Å². The Kier molecular flexibility index (Phi) is 7.47. The second kappa shape index (κ2) is 8.86. The molecule has 0 saturated carbocycles. The second-order valence-corrected chi connectivity index (χ2v) is 6.98. The second-order valence-electron chi connectivity index (χ2n) is 5.79. The van der Waals surface area contributed by atoms with Crippen molar-refractivity contribution >= 4 is 23.3 Å². The van der Waals surface area contributed by atoms with Crippen LogP contribution in [0.4, 0.5) is 11.5 Å². The monoisotopic (exact) mass is 355 g/mol. The van der Waals surface area contributed by atoms with E-state index in [0.29, 0.717) is 23.6 Å². The van der Waals surface area contributed by atoms with Crippen LogP contribution in [0, 0.1) is 0 Å². The number of nitrogens with two attached hydrogens (primary N) is 1. The Balaban J connectivity index is 0.000000648. The molecule has 24 heavy (non-hydrogen) atoms. The van der Waals surface area contributed by atoms with Crippen LogP contribution in [0.2, 0.25) is 0 Å². The largest absolute Gasteiger partial charge is 0.402 e. The molecule has 0 aliphatic carbocycles. The van der Waals surface area contributed by atoms with Crippen LogP contribution in [0.3, 0.4) is 0 Å². The highest BCUT2D eigenvalue weighted by atomic mass is 32.2. The summed E-state index contributed by atoms with van der Waals surface area (Å²) in [6.45, 7) is 8.02. The molecular weight excluding hydrogens is 326 g/mol. The van der Waals surface area contributed by atoms with E-state index in [1.807, 2.05) is 11.9 Å². The quantitative estimate of drug-likeness (QED) is 0.835. The van der Waals surface area contributed by atoms with E-state index in [2.05, 4.69) is 25.7 Å². The van der Waals surface area contributed by atoms with Gasteiger partial charge in [-0.2, -0.15) is 0 Å². The minimum absolute atomic E-state index is 0.0925. The summed E-state index contributed by atoms with van der Waals surface area (Å²) in [6, 6.07) is 0. The Morgan fingerprint density at radius 2 is 1.79 bits per heavy atom. The lowest BCUT2D eigenvalue weighted by molar-refractivity contribution is 0.689. The minimum atomic E-state index is -0.330. The number of thioether (sulfide) groups is 1. The van der Waals surface area contributed by atoms with Crippen LogP contribution in [0.1, 0.15) is 33.1 Å². The van der Waals surface area contributed by atoms with Crippen LogP contribution < -0.4 is 27.2 Å². The standard InChI is InChI=1S/C12H19N5O2S.C4H10/c1-7(13)5-6-20-11-14-8-9(15(11)2)16(3)12(19)17(4)10(8)18;1-3-4-2/h11,14H,1,5-6,13H2,2-4H3;3-4H2,1-2H3. The van der Waals surface area contributed by atoms with Gasteiger partial charge < -0.3 is 16.0 Å². The number of hydrogen-bond acceptors (Lipinski definition) is 6. The van der Waals surface area contributed by atoms with Crippen molar-refractivity contribution in [3.63, 3.8) is 0 Å². The molecule has 0 radical (unpaired) electrons. The van der Waals surface area contributed by atoms with Crippen LogP contribution >= 0.6 is 11.8 Å². The third kappa shape index (κ3) is 4.37. The number of anilines is 2. The van der Waals surface area contributed by atoms with Crippen molar-refractivity contribution in [1.82, 2.24) is 9.13 Å². The third-order valence-electron chi connectivity index (χ3n) is 3.79. The van der Waals surface area contributed by atoms with Gasteiger partial charge in [-0.1, -0.05) is 33.3 Å². The zero-order chi connectivity index (χ0) is 18.4. The maximum atomic E-state index is 12.1. The Labute approximate surface area is 147 Å². The van der Waals surface area contributed by atoms with E-state index in [1.54, 1.807) is 18.8 Å². The Morgan fingerprint density at radius 3 is 2.29 bits per heavy atom. The van der Waals surface area contributed by atoms with Gasteiger partial charge in [0.2, 0.25) is 0 Å². The summed E-state index contributed by atoms with van der Waals surface area (Å²) in [5, 5.41) is 3.16. The fraction of sp³-hybridized carbons (Fsp3) is 0.625. The summed E-state index contributed by atoms with van der Waals surface area (Å²) in [4.78, 5) is 26.0. The lowest BCUT2D eigenvalue weighted by atomic mass is 10.4. The predicted molar refractivity (Wildman–Crippen MR) is 104 cm³/mol. The number of unbranched alkanes of at least 4 members (excludes halogenated alkanes) is 1. The molecule has 1 aromatic heterocycles. The van der Waals surface area contributed by atoms with Crippen molar-refractivity contribution in [3.05, 3.63) is 33.1 Å². The fourth-order valence-electron chi connectivity index (χ4n) is 2.16. The number of rotatable bonds is 5. The molecule has 0 amide bonds. The third-order valence-corrected chi connectivity index (χ3v) is 4.98. The molecule has 2 rings (SSSR count). The lowest BCUT2D eigenvalue weighted by Crippen LogP contribution is -2.38. The molecule has 0 spiro atoms. The van der Waals surface area contributed by atoms with Crippen LogP contribution in [0.5, 0.6) is 0 Å². The highest BCUT2D eigenvalue weighted by Gasteiger charge is 2.31. The summed E-state index contributed by atoms with van der Waals surface area (Å²) in [7, 11) is 4.99. The van der Waals surface area contributed by atoms with Crippen molar-refractivity contribution in [1.29, 1.82) is 0 Å². The zero-order valence-corrected chi connectivity index (χ0v) is 16.1. The molecule has 0 aromatic carbocycles. The van der Waals surface area contributed by atoms with Crippen LogP contribution in [0.25, 0.3) is 0 Å². The first-order valence-electron chi connectivity index (χ1n) is 8.10. The van der Waals surface area contributed by atoms with E-state index in [4.69, 9.17) is 5.73 Å². The molecule has 1 aliphatic rings. The van der Waals surface area contributed by atoms with Crippen LogP contribution in [-0.4, -0.2) is 27.4 Å². The number of fused-ring (bicyclic) bond motifs is 1. The van der Waals surface area contributed by atoms with Gasteiger partial charge in [-0.3, -0.25) is 13.9 Å². The molecule has 3 N–H and O–H groups in total. The maximum Gasteiger partial charge on any atom is 0.332 e. The molecule has 1 aliphatic heterocycles. The first-order valence-corrected chi connectivity index (χ1v) is 9.15. The zero-order valence-electron chi connectivity index (χ0n) is 15.3. The van der Waals surface area contributed by atoms with Gasteiger partial charge in [0, 0.05) is 32.6 Å². The molecule has 7 nitrogen and oxygen atoms in total. The minimum Gasteiger partial charge on any atom is -0.402 e. The molecule has 0 fully saturated rings. The van der Waals surface area contributed by atoms with Gasteiger partial charge >= 0.3 is 5.69 Å². The molecule has 2 heterocycles. The van der Waals surface area contributed by atoms with E-state index in [1.165, 1.54) is 24.5 Å². The number of aromatic nitrogens is 2. The van der Waals surface area contributed by atoms with Gasteiger partial charge in [0.15, 0.2) is 0 Å². The molecule has 0 saturated heterocycles. The van der Waals surface area contributed by atoms with E-state index in [9.17, 15) is 9.59 Å². The van der Waals surface area contributed by atoms with Crippen molar-refractivity contribution in [3.8, 4) is 0 Å². The maximum absolute atomic E-state index is 12.1. The predicted octanol–water partition coefficient (Wildman–Crippen LogP) is 1.63. The molecule has 8 heteroatoms. The van der Waals surface area contributed by atoms with Crippen LogP contribution in [-0.2, 0) is 14.1 Å². The van der Waals surface area contributed by atoms with E-state index < -0.39 is 0 Å². The highest BCUT2D eigenvalue weighted by Crippen LogP contribution is 2.33. The Hall–Kier alpha value is -1.83. The molecule has 0 bridgehead atoms. The van der Waals surface area contributed by atoms with Gasteiger partial charge in [-0.15, -0.1) is 11.8 Å². The van der Waals surface area contributed by atoms with Crippen molar-refractivity contribution in [2.45, 2.75) is 38.6 Å². The van der Waals surface area contributed by atoms with Gasteiger partial charge in [-0.05, 0) is 6.42 Å². The average molecular weight is 356 g/mol. The van der Waals surface area contributed by atoms with E-state index in [0.717, 1.165) is 10.3 Å². The topological polar surface area (TPSA) is 85.3 Å². The summed E-state index contributed by atoms with van der Waals surface area (Å²) in [5.41, 5.74) is 5.91. The van der Waals surface area contributed by atoms with E-state index >= 15 is 0 Å². The molecule has 1 aromatic rings. The number of nitrogens with zero attached hydrogens (tertiary/aromatic N) is 3.